The van der Waals surface area contributed by atoms with Crippen molar-refractivity contribution in [3.63, 3.8) is 0 Å². The molecule has 0 heterocycles. The molecule has 0 nitrogen and oxygen atoms in total. The van der Waals surface area contributed by atoms with Crippen molar-refractivity contribution in [3.8, 4) is 0 Å². The summed E-state index contributed by atoms with van der Waals surface area (Å²) in [4.78, 5) is 0. The van der Waals surface area contributed by atoms with Gasteiger partial charge in [-0.15, -0.1) is 0 Å². The Morgan fingerprint density at radius 3 is 1.77 bits per heavy atom. The number of allylic oxidation sites excluding steroid dienone is 8. The SMILES string of the molecule is CC1=[C]([Hf][C]2=C(C)C=CC2)CC=C1.[H-].[H-]. The summed E-state index contributed by atoms with van der Waals surface area (Å²) in [5.74, 6) is 0. The topological polar surface area (TPSA) is 0 Å². The van der Waals surface area contributed by atoms with Gasteiger partial charge in [-0.1, -0.05) is 0 Å². The van der Waals surface area contributed by atoms with Crippen LogP contribution in [0.2, 0.25) is 0 Å². The van der Waals surface area contributed by atoms with Crippen LogP contribution >= 0.6 is 0 Å². The van der Waals surface area contributed by atoms with Gasteiger partial charge in [0.1, 0.15) is 0 Å². The van der Waals surface area contributed by atoms with E-state index in [1.54, 1.807) is 17.8 Å². The molecule has 0 N–H and O–H groups in total. The van der Waals surface area contributed by atoms with Crippen LogP contribution in [-0.2, 0) is 22.9 Å². The average Bonchev–Trinajstić information content (AvgIpc) is 2.65. The van der Waals surface area contributed by atoms with Crippen LogP contribution in [0.4, 0.5) is 0 Å². The second-order valence-electron chi connectivity index (χ2n) is 3.66. The molecular weight excluding hydrogens is 323 g/mol. The van der Waals surface area contributed by atoms with Gasteiger partial charge in [0.2, 0.25) is 0 Å². The third-order valence-electron chi connectivity index (χ3n) is 2.63. The van der Waals surface area contributed by atoms with Gasteiger partial charge in [-0.25, -0.2) is 0 Å². The van der Waals surface area contributed by atoms with Crippen molar-refractivity contribution in [1.29, 1.82) is 0 Å². The predicted molar refractivity (Wildman–Crippen MR) is 55.1 cm³/mol. The van der Waals surface area contributed by atoms with E-state index >= 15 is 0 Å². The van der Waals surface area contributed by atoms with Gasteiger partial charge in [-0.3, -0.25) is 0 Å². The van der Waals surface area contributed by atoms with Crippen LogP contribution in [0.3, 0.4) is 0 Å². The molecule has 0 spiro atoms. The fourth-order valence-electron chi connectivity index (χ4n) is 1.71. The molecule has 0 atom stereocenters. The van der Waals surface area contributed by atoms with E-state index < -0.39 is 22.9 Å². The summed E-state index contributed by atoms with van der Waals surface area (Å²) < 4.78 is 3.61. The largest absolute Gasteiger partial charge is 1.00 e. The third kappa shape index (κ3) is 2.01. The van der Waals surface area contributed by atoms with Crippen molar-refractivity contribution in [2.24, 2.45) is 0 Å². The molecular formula is C12H16Hf-2. The first-order valence-corrected chi connectivity index (χ1v) is 8.36. The van der Waals surface area contributed by atoms with Crippen LogP contribution in [0.15, 0.2) is 42.1 Å². The van der Waals surface area contributed by atoms with E-state index in [9.17, 15) is 0 Å². The molecule has 0 aromatic heterocycles. The second-order valence-corrected chi connectivity index (χ2v) is 8.90. The van der Waals surface area contributed by atoms with E-state index in [1.165, 1.54) is 12.8 Å². The van der Waals surface area contributed by atoms with E-state index in [0.717, 1.165) is 0 Å². The molecule has 2 rings (SSSR count). The van der Waals surface area contributed by atoms with E-state index in [1.807, 2.05) is 0 Å². The van der Waals surface area contributed by atoms with Gasteiger partial charge in [0, 0.05) is 0 Å². The predicted octanol–water partition coefficient (Wildman–Crippen LogP) is 3.76. The van der Waals surface area contributed by atoms with Crippen LogP contribution < -0.4 is 0 Å². The molecule has 0 saturated carbocycles. The standard InChI is InChI=1S/2C6H7.Hf.2H/c2*1-6-4-2-3-5-6;;;/h2*2,4H,3H2,1H3;;;/q;;;2*-1. The van der Waals surface area contributed by atoms with Gasteiger partial charge in [-0.05, 0) is 0 Å². The fraction of sp³-hybridized carbons (Fsp3) is 0.333. The zero-order valence-corrected chi connectivity index (χ0v) is 11.8. The van der Waals surface area contributed by atoms with Gasteiger partial charge in [0.15, 0.2) is 0 Å². The molecule has 13 heavy (non-hydrogen) atoms. The van der Waals surface area contributed by atoms with E-state index in [0.29, 0.717) is 0 Å². The van der Waals surface area contributed by atoms with E-state index in [4.69, 9.17) is 0 Å². The van der Waals surface area contributed by atoms with E-state index in [-0.39, 0.29) is 2.85 Å². The third-order valence-corrected chi connectivity index (χ3v) is 9.10. The summed E-state index contributed by atoms with van der Waals surface area (Å²) in [5, 5.41) is 0. The van der Waals surface area contributed by atoms with Crippen molar-refractivity contribution < 1.29 is 25.8 Å². The maximum Gasteiger partial charge on any atom is -1.00 e. The Labute approximate surface area is 94.4 Å². The Hall–Kier alpha value is -0.170. The normalized spacial score (nSPS) is 20.8. The summed E-state index contributed by atoms with van der Waals surface area (Å²) in [7, 11) is 0. The number of rotatable bonds is 2. The molecule has 0 amide bonds. The molecule has 0 aromatic rings. The average molecular weight is 339 g/mol. The van der Waals surface area contributed by atoms with Crippen molar-refractivity contribution in [2.75, 3.05) is 0 Å². The molecule has 0 radical (unpaired) electrons. The Morgan fingerprint density at radius 2 is 1.46 bits per heavy atom. The quantitative estimate of drug-likeness (QED) is 0.673. The Morgan fingerprint density at radius 1 is 1.00 bits per heavy atom. The fourth-order valence-corrected chi connectivity index (χ4v) is 6.62. The maximum absolute atomic E-state index is 2.32. The molecule has 0 unspecified atom stereocenters. The minimum atomic E-state index is -0.612. The molecule has 0 aliphatic heterocycles. The zero-order chi connectivity index (χ0) is 9.26. The first-order valence-electron chi connectivity index (χ1n) is 4.77. The first kappa shape index (κ1) is 9.39. The van der Waals surface area contributed by atoms with E-state index in [2.05, 4.69) is 38.2 Å². The zero-order valence-electron chi connectivity index (χ0n) is 10.2. The number of hydrogen-bond acceptors (Lipinski definition) is 0. The van der Waals surface area contributed by atoms with Gasteiger partial charge in [-0.2, -0.15) is 0 Å². The van der Waals surface area contributed by atoms with Gasteiger partial charge >= 0.3 is 91.7 Å². The monoisotopic (exact) mass is 340 g/mol. The minimum absolute atomic E-state index is 0. The van der Waals surface area contributed by atoms with Gasteiger partial charge < -0.3 is 2.85 Å². The smallest absolute Gasteiger partial charge is 1.00 e. The van der Waals surface area contributed by atoms with Gasteiger partial charge in [0.25, 0.3) is 0 Å². The summed E-state index contributed by atoms with van der Waals surface area (Å²) >= 11 is -0.612. The first-order chi connectivity index (χ1) is 6.27. The van der Waals surface area contributed by atoms with Crippen LogP contribution in [0.25, 0.3) is 0 Å². The maximum atomic E-state index is 2.32. The molecule has 0 bridgehead atoms. The van der Waals surface area contributed by atoms with Crippen LogP contribution in [0, 0.1) is 0 Å². The Balaban J connectivity index is 0.000000980. The summed E-state index contributed by atoms with van der Waals surface area (Å²) in [5.41, 5.74) is 3.13. The van der Waals surface area contributed by atoms with Crippen molar-refractivity contribution in [3.05, 3.63) is 42.1 Å². The summed E-state index contributed by atoms with van der Waals surface area (Å²) in [6.07, 6.45) is 11.7. The second kappa shape index (κ2) is 3.91. The van der Waals surface area contributed by atoms with Gasteiger partial charge in [0.05, 0.1) is 0 Å². The Bertz CT molecular complexity index is 315. The molecule has 2 aliphatic carbocycles. The van der Waals surface area contributed by atoms with Crippen molar-refractivity contribution in [2.45, 2.75) is 26.7 Å². The molecule has 2 aliphatic rings. The number of hydrogen-bond donors (Lipinski definition) is 0. The van der Waals surface area contributed by atoms with Crippen LogP contribution in [-0.4, -0.2) is 0 Å². The summed E-state index contributed by atoms with van der Waals surface area (Å²) in [6.45, 7) is 4.54. The van der Waals surface area contributed by atoms with Crippen molar-refractivity contribution >= 4 is 0 Å². The molecule has 0 fully saturated rings. The Kier molecular flexibility index (Phi) is 2.83. The molecule has 0 saturated heterocycles. The molecule has 70 valence electrons. The van der Waals surface area contributed by atoms with Crippen LogP contribution in [0.5, 0.6) is 0 Å². The summed E-state index contributed by atoms with van der Waals surface area (Å²) in [6, 6.07) is 0. The van der Waals surface area contributed by atoms with Crippen LogP contribution in [0.1, 0.15) is 29.5 Å². The minimum Gasteiger partial charge on any atom is -1.00 e. The van der Waals surface area contributed by atoms with Crippen molar-refractivity contribution in [1.82, 2.24) is 0 Å². The molecule has 0 aromatic carbocycles. The molecule has 1 heteroatoms.